The lowest BCUT2D eigenvalue weighted by atomic mass is 9.89. The van der Waals surface area contributed by atoms with Crippen molar-refractivity contribution in [3.8, 4) is 5.75 Å². The Balaban J connectivity index is 1.44. The number of methoxy groups -OCH3 is 1. The average Bonchev–Trinajstić information content (AvgIpc) is 2.97. The first kappa shape index (κ1) is 29.7. The largest absolute Gasteiger partial charge is 0.495 e. The summed E-state index contributed by atoms with van der Waals surface area (Å²) in [5, 5.41) is 1.76. The molecule has 0 saturated carbocycles. The van der Waals surface area contributed by atoms with Crippen LogP contribution in [-0.4, -0.2) is 62.0 Å². The summed E-state index contributed by atoms with van der Waals surface area (Å²) in [6, 6.07) is 17.7. The first-order valence-corrected chi connectivity index (χ1v) is 13.0. The molecule has 1 fully saturated rings. The zero-order chi connectivity index (χ0) is 29.6. The van der Waals surface area contributed by atoms with Crippen LogP contribution in [-0.2, 0) is 4.79 Å². The molecular formula is C30H29F4N3O4. The Morgan fingerprint density at radius 1 is 0.927 bits per heavy atom. The summed E-state index contributed by atoms with van der Waals surface area (Å²) in [6.45, 7) is 2.06. The maximum atomic E-state index is 13.6. The van der Waals surface area contributed by atoms with E-state index in [-0.39, 0.29) is 29.5 Å². The summed E-state index contributed by atoms with van der Waals surface area (Å²) in [4.78, 5) is 41.4. The second-order valence-electron chi connectivity index (χ2n) is 9.64. The number of carbonyl (C=O) groups is 3. The SMILES string of the molecule is COc1ccccc1N(CCN1CCC(C(=O)c2ccc(F)cc2)CC1)C(=O)c1ccc(NC(=O)C(F)(F)F)cc1. The molecule has 1 heterocycles. The monoisotopic (exact) mass is 571 g/mol. The van der Waals surface area contributed by atoms with Gasteiger partial charge in [-0.15, -0.1) is 0 Å². The number of hydrogen-bond donors (Lipinski definition) is 1. The Bertz CT molecular complexity index is 1370. The van der Waals surface area contributed by atoms with Gasteiger partial charge in [0.05, 0.1) is 12.8 Å². The van der Waals surface area contributed by atoms with Crippen LogP contribution in [0.5, 0.6) is 5.75 Å². The Kier molecular flexibility index (Phi) is 9.38. The van der Waals surface area contributed by atoms with Crippen LogP contribution >= 0.6 is 0 Å². The molecule has 0 spiro atoms. The van der Waals surface area contributed by atoms with E-state index in [9.17, 15) is 31.9 Å². The van der Waals surface area contributed by atoms with Crippen LogP contribution in [0.3, 0.4) is 0 Å². The van der Waals surface area contributed by atoms with Gasteiger partial charge >= 0.3 is 12.1 Å². The second kappa shape index (κ2) is 12.9. The predicted molar refractivity (Wildman–Crippen MR) is 146 cm³/mol. The number of anilines is 2. The second-order valence-corrected chi connectivity index (χ2v) is 9.64. The van der Waals surface area contributed by atoms with Crippen LogP contribution in [0.2, 0.25) is 0 Å². The van der Waals surface area contributed by atoms with Gasteiger partial charge in [0.1, 0.15) is 11.6 Å². The van der Waals surface area contributed by atoms with Gasteiger partial charge in [0.25, 0.3) is 5.91 Å². The first-order chi connectivity index (χ1) is 19.6. The maximum absolute atomic E-state index is 13.6. The fourth-order valence-corrected chi connectivity index (χ4v) is 4.75. The molecule has 0 atom stereocenters. The number of para-hydroxylation sites is 2. The molecule has 0 aromatic heterocycles. The van der Waals surface area contributed by atoms with Crippen LogP contribution in [0, 0.1) is 11.7 Å². The molecule has 7 nitrogen and oxygen atoms in total. The minimum absolute atomic E-state index is 0.00894. The third-order valence-electron chi connectivity index (χ3n) is 7.00. The van der Waals surface area contributed by atoms with E-state index in [1.165, 1.54) is 60.5 Å². The number of nitrogens with one attached hydrogen (secondary N) is 1. The Labute approximate surface area is 234 Å². The zero-order valence-electron chi connectivity index (χ0n) is 22.3. The van der Waals surface area contributed by atoms with E-state index in [4.69, 9.17) is 4.74 Å². The lowest BCUT2D eigenvalue weighted by molar-refractivity contribution is -0.167. The number of ether oxygens (including phenoxy) is 1. The molecular weight excluding hydrogens is 542 g/mol. The van der Waals surface area contributed by atoms with Gasteiger partial charge in [-0.25, -0.2) is 4.39 Å². The van der Waals surface area contributed by atoms with Gasteiger partial charge in [0, 0.05) is 35.8 Å². The summed E-state index contributed by atoms with van der Waals surface area (Å²) in [5.74, 6) is -2.60. The van der Waals surface area contributed by atoms with E-state index in [0.29, 0.717) is 49.5 Å². The third kappa shape index (κ3) is 7.49. The number of amides is 2. The van der Waals surface area contributed by atoms with E-state index in [0.717, 1.165) is 0 Å². The Morgan fingerprint density at radius 3 is 2.15 bits per heavy atom. The van der Waals surface area contributed by atoms with E-state index < -0.39 is 23.8 Å². The molecule has 41 heavy (non-hydrogen) atoms. The van der Waals surface area contributed by atoms with Crippen LogP contribution in [0.15, 0.2) is 72.8 Å². The number of alkyl halides is 3. The minimum Gasteiger partial charge on any atom is -0.495 e. The molecule has 11 heteroatoms. The summed E-state index contributed by atoms with van der Waals surface area (Å²) in [6.07, 6.45) is -3.77. The lowest BCUT2D eigenvalue weighted by Crippen LogP contribution is -2.43. The van der Waals surface area contributed by atoms with Crippen LogP contribution in [0.1, 0.15) is 33.6 Å². The number of carbonyl (C=O) groups excluding carboxylic acids is 3. The van der Waals surface area contributed by atoms with Crippen LogP contribution in [0.25, 0.3) is 0 Å². The number of hydrogen-bond acceptors (Lipinski definition) is 5. The van der Waals surface area contributed by atoms with E-state index in [1.807, 2.05) is 0 Å². The van der Waals surface area contributed by atoms with Gasteiger partial charge in [-0.3, -0.25) is 14.4 Å². The van der Waals surface area contributed by atoms with E-state index in [1.54, 1.807) is 29.6 Å². The topological polar surface area (TPSA) is 79.0 Å². The molecule has 1 aliphatic rings. The third-order valence-corrected chi connectivity index (χ3v) is 7.00. The summed E-state index contributed by atoms with van der Waals surface area (Å²) in [7, 11) is 1.49. The summed E-state index contributed by atoms with van der Waals surface area (Å²) < 4.78 is 56.4. The van der Waals surface area contributed by atoms with Crippen molar-refractivity contribution in [2.24, 2.45) is 5.92 Å². The maximum Gasteiger partial charge on any atom is 0.471 e. The normalized spacial score (nSPS) is 14.4. The molecule has 1 saturated heterocycles. The van der Waals surface area contributed by atoms with Crippen molar-refractivity contribution in [2.45, 2.75) is 19.0 Å². The lowest BCUT2D eigenvalue weighted by Gasteiger charge is -2.33. The van der Waals surface area contributed by atoms with Crippen molar-refractivity contribution in [3.63, 3.8) is 0 Å². The van der Waals surface area contributed by atoms with Gasteiger partial charge in [-0.1, -0.05) is 12.1 Å². The van der Waals surface area contributed by atoms with Crippen molar-refractivity contribution < 1.29 is 36.7 Å². The number of halogens is 4. The summed E-state index contributed by atoms with van der Waals surface area (Å²) >= 11 is 0. The number of nitrogens with zero attached hydrogens (tertiary/aromatic N) is 2. The zero-order valence-corrected chi connectivity index (χ0v) is 22.3. The number of benzene rings is 3. The fraction of sp³-hybridized carbons (Fsp3) is 0.300. The Hall–Kier alpha value is -4.25. The van der Waals surface area contributed by atoms with E-state index >= 15 is 0 Å². The van der Waals surface area contributed by atoms with Crippen molar-refractivity contribution in [1.29, 1.82) is 0 Å². The highest BCUT2D eigenvalue weighted by molar-refractivity contribution is 6.07. The molecule has 1 aliphatic heterocycles. The van der Waals surface area contributed by atoms with Gasteiger partial charge < -0.3 is 19.9 Å². The van der Waals surface area contributed by atoms with Gasteiger partial charge in [-0.05, 0) is 86.6 Å². The predicted octanol–water partition coefficient (Wildman–Crippen LogP) is 5.58. The fourth-order valence-electron chi connectivity index (χ4n) is 4.75. The minimum atomic E-state index is -5.03. The molecule has 0 unspecified atom stereocenters. The standard InChI is InChI=1S/C30H29F4N3O4/c1-41-26-5-3-2-4-25(26)37(28(39)22-8-12-24(13-9-22)35-29(40)30(32,33)34)19-18-36-16-14-21(15-17-36)27(38)20-6-10-23(31)11-7-20/h2-13,21H,14-19H2,1H3,(H,35,40). The number of piperidine rings is 1. The number of Topliss-reactive ketones (excluding diaryl/α,β-unsaturated/α-hetero) is 1. The van der Waals surface area contributed by atoms with Crippen LogP contribution < -0.4 is 15.0 Å². The van der Waals surface area contributed by atoms with Crippen molar-refractivity contribution in [3.05, 3.63) is 89.7 Å². The molecule has 4 rings (SSSR count). The van der Waals surface area contributed by atoms with Crippen LogP contribution in [0.4, 0.5) is 28.9 Å². The quantitative estimate of drug-likeness (QED) is 0.268. The smallest absolute Gasteiger partial charge is 0.471 e. The number of likely N-dealkylation sites (tertiary alicyclic amines) is 1. The molecule has 1 N–H and O–H groups in total. The summed E-state index contributed by atoms with van der Waals surface area (Å²) in [5.41, 5.74) is 1.13. The van der Waals surface area contributed by atoms with Gasteiger partial charge in [0.15, 0.2) is 5.78 Å². The Morgan fingerprint density at radius 2 is 1.54 bits per heavy atom. The highest BCUT2D eigenvalue weighted by atomic mass is 19.4. The highest BCUT2D eigenvalue weighted by Gasteiger charge is 2.38. The van der Waals surface area contributed by atoms with Gasteiger partial charge in [-0.2, -0.15) is 13.2 Å². The molecule has 0 aliphatic carbocycles. The molecule has 0 bridgehead atoms. The molecule has 216 valence electrons. The van der Waals surface area contributed by atoms with Crippen molar-refractivity contribution in [2.75, 3.05) is 43.5 Å². The highest BCUT2D eigenvalue weighted by Crippen LogP contribution is 2.30. The first-order valence-electron chi connectivity index (χ1n) is 13.0. The van der Waals surface area contributed by atoms with E-state index in [2.05, 4.69) is 4.90 Å². The molecule has 0 radical (unpaired) electrons. The number of rotatable bonds is 9. The molecule has 3 aromatic rings. The average molecular weight is 572 g/mol. The molecule has 2 amide bonds. The molecule has 3 aromatic carbocycles. The van der Waals surface area contributed by atoms with Crippen molar-refractivity contribution >= 4 is 29.0 Å². The van der Waals surface area contributed by atoms with Crippen molar-refractivity contribution in [1.82, 2.24) is 4.90 Å². The number of ketones is 1. The van der Waals surface area contributed by atoms with Gasteiger partial charge in [0.2, 0.25) is 0 Å².